The van der Waals surface area contributed by atoms with Gasteiger partial charge in [-0.05, 0) is 50.5 Å². The summed E-state index contributed by atoms with van der Waals surface area (Å²) < 4.78 is 28.6. The van der Waals surface area contributed by atoms with E-state index in [1.807, 2.05) is 32.0 Å². The van der Waals surface area contributed by atoms with E-state index in [1.54, 1.807) is 12.1 Å². The van der Waals surface area contributed by atoms with Crippen LogP contribution in [0.1, 0.15) is 23.3 Å². The molecule has 1 aromatic carbocycles. The first-order valence-corrected chi connectivity index (χ1v) is 12.2. The van der Waals surface area contributed by atoms with Crippen molar-refractivity contribution >= 4 is 54.0 Å². The standard InChI is InChI=1S/C19H21N3O3S3/c1-12-5-3-7-15-17(12)20-19(27-15)21-18(23)14-6-4-10-22(11-14)28(24,25)16-9-8-13(2)26-16/h3,5,7-9,14H,4,6,10-11H2,1-2H3,(H,20,21,23). The monoisotopic (exact) mass is 435 g/mol. The highest BCUT2D eigenvalue weighted by molar-refractivity contribution is 7.91. The Morgan fingerprint density at radius 2 is 2.04 bits per heavy atom. The third-order valence-corrected chi connectivity index (χ3v) is 9.18. The first-order chi connectivity index (χ1) is 13.3. The molecule has 0 bridgehead atoms. The predicted octanol–water partition coefficient (Wildman–Crippen LogP) is 4.01. The lowest BCUT2D eigenvalue weighted by molar-refractivity contribution is -0.120. The number of piperidine rings is 1. The van der Waals surface area contributed by atoms with Gasteiger partial charge in [-0.25, -0.2) is 13.4 Å². The van der Waals surface area contributed by atoms with E-state index in [9.17, 15) is 13.2 Å². The summed E-state index contributed by atoms with van der Waals surface area (Å²) in [5.74, 6) is -0.545. The molecule has 1 fully saturated rings. The molecule has 1 saturated heterocycles. The normalized spacial score (nSPS) is 18.4. The van der Waals surface area contributed by atoms with Gasteiger partial charge in [-0.15, -0.1) is 11.3 Å². The lowest BCUT2D eigenvalue weighted by Crippen LogP contribution is -2.43. The van der Waals surface area contributed by atoms with Crippen LogP contribution in [0.25, 0.3) is 10.2 Å². The van der Waals surface area contributed by atoms with Gasteiger partial charge in [-0.1, -0.05) is 23.5 Å². The summed E-state index contributed by atoms with van der Waals surface area (Å²) >= 11 is 2.70. The molecule has 28 heavy (non-hydrogen) atoms. The number of aromatic nitrogens is 1. The minimum absolute atomic E-state index is 0.168. The zero-order chi connectivity index (χ0) is 19.9. The van der Waals surface area contributed by atoms with Crippen LogP contribution in [0.5, 0.6) is 0 Å². The van der Waals surface area contributed by atoms with Gasteiger partial charge in [0.05, 0.1) is 16.1 Å². The number of anilines is 1. The van der Waals surface area contributed by atoms with Crippen molar-refractivity contribution in [1.29, 1.82) is 0 Å². The van der Waals surface area contributed by atoms with Crippen molar-refractivity contribution < 1.29 is 13.2 Å². The Bertz CT molecular complexity index is 1130. The van der Waals surface area contributed by atoms with Crippen LogP contribution in [0, 0.1) is 19.8 Å². The van der Waals surface area contributed by atoms with Crippen LogP contribution in [0.3, 0.4) is 0 Å². The molecule has 9 heteroatoms. The van der Waals surface area contributed by atoms with Crippen molar-refractivity contribution in [1.82, 2.24) is 9.29 Å². The van der Waals surface area contributed by atoms with E-state index in [0.29, 0.717) is 28.7 Å². The van der Waals surface area contributed by atoms with Crippen LogP contribution in [0.2, 0.25) is 0 Å². The lowest BCUT2D eigenvalue weighted by Gasteiger charge is -2.30. The number of benzene rings is 1. The van der Waals surface area contributed by atoms with Crippen molar-refractivity contribution in [3.8, 4) is 0 Å². The number of hydrogen-bond acceptors (Lipinski definition) is 6. The molecular formula is C19H21N3O3S3. The van der Waals surface area contributed by atoms with E-state index in [1.165, 1.54) is 27.0 Å². The van der Waals surface area contributed by atoms with Crippen LogP contribution in [0.4, 0.5) is 5.13 Å². The van der Waals surface area contributed by atoms with Gasteiger partial charge in [0.1, 0.15) is 4.21 Å². The van der Waals surface area contributed by atoms with E-state index < -0.39 is 10.0 Å². The molecule has 0 aliphatic carbocycles. The molecule has 3 aromatic rings. The number of carbonyl (C=O) groups excluding carboxylic acids is 1. The molecular weight excluding hydrogens is 414 g/mol. The van der Waals surface area contributed by atoms with E-state index in [0.717, 1.165) is 20.7 Å². The highest BCUT2D eigenvalue weighted by atomic mass is 32.2. The molecule has 148 valence electrons. The minimum Gasteiger partial charge on any atom is -0.302 e. The molecule has 0 saturated carbocycles. The topological polar surface area (TPSA) is 79.4 Å². The molecule has 1 aliphatic rings. The van der Waals surface area contributed by atoms with Crippen LogP contribution in [-0.4, -0.2) is 36.7 Å². The van der Waals surface area contributed by atoms with Gasteiger partial charge in [0.2, 0.25) is 5.91 Å². The number of hydrogen-bond donors (Lipinski definition) is 1. The first-order valence-electron chi connectivity index (χ1n) is 9.08. The zero-order valence-electron chi connectivity index (χ0n) is 15.6. The van der Waals surface area contributed by atoms with E-state index in [-0.39, 0.29) is 18.4 Å². The second-order valence-electron chi connectivity index (χ2n) is 7.00. The van der Waals surface area contributed by atoms with Crippen molar-refractivity contribution in [3.05, 3.63) is 40.8 Å². The first kappa shape index (κ1) is 19.5. The molecule has 3 heterocycles. The summed E-state index contributed by atoms with van der Waals surface area (Å²) in [5.41, 5.74) is 1.96. The fraction of sp³-hybridized carbons (Fsp3) is 0.368. The average molecular weight is 436 g/mol. The molecule has 1 amide bonds. The van der Waals surface area contributed by atoms with E-state index >= 15 is 0 Å². The van der Waals surface area contributed by atoms with Gasteiger partial charge in [-0.2, -0.15) is 4.31 Å². The third-order valence-electron chi connectivity index (χ3n) is 4.92. The molecule has 1 N–H and O–H groups in total. The Kier molecular flexibility index (Phi) is 5.26. The summed E-state index contributed by atoms with van der Waals surface area (Å²) in [6.45, 7) is 4.53. The minimum atomic E-state index is -3.55. The predicted molar refractivity (Wildman–Crippen MR) is 114 cm³/mol. The Hall–Kier alpha value is -1.81. The molecule has 6 nitrogen and oxygen atoms in total. The van der Waals surface area contributed by atoms with Crippen molar-refractivity contribution in [2.75, 3.05) is 18.4 Å². The maximum Gasteiger partial charge on any atom is 0.252 e. The van der Waals surface area contributed by atoms with Crippen LogP contribution >= 0.6 is 22.7 Å². The largest absolute Gasteiger partial charge is 0.302 e. The van der Waals surface area contributed by atoms with Gasteiger partial charge in [-0.3, -0.25) is 4.79 Å². The van der Waals surface area contributed by atoms with Crippen molar-refractivity contribution in [2.45, 2.75) is 30.9 Å². The highest BCUT2D eigenvalue weighted by Crippen LogP contribution is 2.31. The number of amides is 1. The summed E-state index contributed by atoms with van der Waals surface area (Å²) in [5, 5.41) is 3.45. The fourth-order valence-electron chi connectivity index (χ4n) is 3.40. The van der Waals surface area contributed by atoms with Gasteiger partial charge in [0.15, 0.2) is 5.13 Å². The smallest absolute Gasteiger partial charge is 0.252 e. The number of carbonyl (C=O) groups is 1. The highest BCUT2D eigenvalue weighted by Gasteiger charge is 2.34. The molecule has 2 aromatic heterocycles. The van der Waals surface area contributed by atoms with Crippen LogP contribution in [0.15, 0.2) is 34.5 Å². The molecule has 0 radical (unpaired) electrons. The number of thiophene rings is 1. The van der Waals surface area contributed by atoms with Crippen molar-refractivity contribution in [2.24, 2.45) is 5.92 Å². The number of thiazole rings is 1. The summed E-state index contributed by atoms with van der Waals surface area (Å²) in [4.78, 5) is 18.3. The number of para-hydroxylation sites is 1. The van der Waals surface area contributed by atoms with E-state index in [4.69, 9.17) is 0 Å². The third kappa shape index (κ3) is 3.71. The second-order valence-corrected chi connectivity index (χ2v) is 11.5. The number of aryl methyl sites for hydroxylation is 2. The number of nitrogens with zero attached hydrogens (tertiary/aromatic N) is 2. The molecule has 0 spiro atoms. The number of fused-ring (bicyclic) bond motifs is 1. The quantitative estimate of drug-likeness (QED) is 0.671. The van der Waals surface area contributed by atoms with Gasteiger partial charge < -0.3 is 5.32 Å². The SMILES string of the molecule is Cc1ccc(S(=O)(=O)N2CCCC(C(=O)Nc3nc4c(C)cccc4s3)C2)s1. The van der Waals surface area contributed by atoms with Gasteiger partial charge in [0.25, 0.3) is 10.0 Å². The summed E-state index contributed by atoms with van der Waals surface area (Å²) in [6.07, 6.45) is 1.34. The van der Waals surface area contributed by atoms with Crippen LogP contribution < -0.4 is 5.32 Å². The Labute approximate surface area is 172 Å². The number of nitrogens with one attached hydrogen (secondary N) is 1. The molecule has 4 rings (SSSR count). The maximum atomic E-state index is 12.9. The zero-order valence-corrected chi connectivity index (χ0v) is 18.1. The molecule has 1 unspecified atom stereocenters. The number of rotatable bonds is 4. The number of sulfonamides is 1. The Balaban J connectivity index is 1.49. The van der Waals surface area contributed by atoms with Gasteiger partial charge >= 0.3 is 0 Å². The molecule has 1 aliphatic heterocycles. The maximum absolute atomic E-state index is 12.9. The lowest BCUT2D eigenvalue weighted by atomic mass is 9.99. The summed E-state index contributed by atoms with van der Waals surface area (Å²) in [7, 11) is -3.55. The van der Waals surface area contributed by atoms with Crippen molar-refractivity contribution in [3.63, 3.8) is 0 Å². The Morgan fingerprint density at radius 1 is 1.21 bits per heavy atom. The van der Waals surface area contributed by atoms with Gasteiger partial charge in [0, 0.05) is 18.0 Å². The van der Waals surface area contributed by atoms with Crippen LogP contribution in [-0.2, 0) is 14.8 Å². The average Bonchev–Trinajstić information content (AvgIpc) is 3.29. The Morgan fingerprint density at radius 3 is 2.75 bits per heavy atom. The second kappa shape index (κ2) is 7.55. The summed E-state index contributed by atoms with van der Waals surface area (Å²) in [6, 6.07) is 9.39. The fourth-order valence-corrected chi connectivity index (χ4v) is 7.31. The molecule has 1 atom stereocenters. The van der Waals surface area contributed by atoms with E-state index in [2.05, 4.69) is 10.3 Å².